The van der Waals surface area contributed by atoms with Crippen LogP contribution in [-0.4, -0.2) is 51.0 Å². The summed E-state index contributed by atoms with van der Waals surface area (Å²) >= 11 is 3.07. The second kappa shape index (κ2) is 8.23. The predicted molar refractivity (Wildman–Crippen MR) is 77.9 cm³/mol. The minimum atomic E-state index is -4.76. The Morgan fingerprint density at radius 2 is 2.05 bits per heavy atom. The van der Waals surface area contributed by atoms with E-state index in [1.807, 2.05) is 19.0 Å². The van der Waals surface area contributed by atoms with Crippen molar-refractivity contribution in [1.82, 2.24) is 10.2 Å². The number of carbonyl (C=O) groups is 1. The standard InChI is InChI=1S/C13H16BrF3N2O3/c1-19(2)6-5-18-12(20)8-21-11-4-3-9(7-10(11)14)22-13(15,16)17/h3-4,7H,5-6,8H2,1-2H3,(H,18,20). The fourth-order valence-corrected chi connectivity index (χ4v) is 1.88. The molecule has 0 aliphatic heterocycles. The predicted octanol–water partition coefficient (Wildman–Crippen LogP) is 2.40. The quantitative estimate of drug-likeness (QED) is 0.784. The monoisotopic (exact) mass is 384 g/mol. The Labute approximate surface area is 134 Å². The van der Waals surface area contributed by atoms with Crippen LogP contribution in [0.1, 0.15) is 0 Å². The third kappa shape index (κ3) is 7.51. The summed E-state index contributed by atoms with van der Waals surface area (Å²) in [7, 11) is 3.76. The van der Waals surface area contributed by atoms with Gasteiger partial charge < -0.3 is 19.7 Å². The van der Waals surface area contributed by atoms with Crippen molar-refractivity contribution in [3.63, 3.8) is 0 Å². The molecule has 9 heteroatoms. The van der Waals surface area contributed by atoms with Crippen molar-refractivity contribution >= 4 is 21.8 Å². The van der Waals surface area contributed by atoms with Gasteiger partial charge in [-0.15, -0.1) is 13.2 Å². The zero-order chi connectivity index (χ0) is 16.8. The lowest BCUT2D eigenvalue weighted by Crippen LogP contribution is -2.34. The van der Waals surface area contributed by atoms with Crippen LogP contribution in [0.4, 0.5) is 13.2 Å². The Kier molecular flexibility index (Phi) is 6.95. The Morgan fingerprint density at radius 3 is 2.59 bits per heavy atom. The van der Waals surface area contributed by atoms with Crippen molar-refractivity contribution in [2.24, 2.45) is 0 Å². The molecule has 0 unspecified atom stereocenters. The van der Waals surface area contributed by atoms with Crippen LogP contribution in [0, 0.1) is 0 Å². The number of halogens is 4. The second-order valence-electron chi connectivity index (χ2n) is 4.58. The normalized spacial score (nSPS) is 11.4. The van der Waals surface area contributed by atoms with Crippen molar-refractivity contribution in [2.75, 3.05) is 33.8 Å². The highest BCUT2D eigenvalue weighted by atomic mass is 79.9. The summed E-state index contributed by atoms with van der Waals surface area (Å²) in [6.45, 7) is 0.944. The van der Waals surface area contributed by atoms with Crippen LogP contribution in [0.3, 0.4) is 0 Å². The molecule has 0 spiro atoms. The topological polar surface area (TPSA) is 50.8 Å². The molecule has 0 aliphatic rings. The first kappa shape index (κ1) is 18.6. The number of amides is 1. The van der Waals surface area contributed by atoms with Crippen LogP contribution in [0.25, 0.3) is 0 Å². The lowest BCUT2D eigenvalue weighted by molar-refractivity contribution is -0.274. The number of nitrogens with one attached hydrogen (secondary N) is 1. The number of nitrogens with zero attached hydrogens (tertiary/aromatic N) is 1. The summed E-state index contributed by atoms with van der Waals surface area (Å²) in [6, 6.07) is 3.52. The fourth-order valence-electron chi connectivity index (χ4n) is 1.41. The Morgan fingerprint density at radius 1 is 1.36 bits per heavy atom. The molecular weight excluding hydrogens is 369 g/mol. The first-order chi connectivity index (χ1) is 10.2. The summed E-state index contributed by atoms with van der Waals surface area (Å²) in [5, 5.41) is 2.65. The van der Waals surface area contributed by atoms with E-state index in [0.717, 1.165) is 12.1 Å². The average Bonchev–Trinajstić information content (AvgIpc) is 2.35. The van der Waals surface area contributed by atoms with Crippen LogP contribution in [0.5, 0.6) is 11.5 Å². The third-order valence-corrected chi connectivity index (χ3v) is 3.00. The largest absolute Gasteiger partial charge is 0.573 e. The van der Waals surface area contributed by atoms with Gasteiger partial charge in [0.25, 0.3) is 5.91 Å². The molecule has 1 N–H and O–H groups in total. The number of ether oxygens (including phenoxy) is 2. The van der Waals surface area contributed by atoms with Crippen LogP contribution in [0.15, 0.2) is 22.7 Å². The average molecular weight is 385 g/mol. The minimum absolute atomic E-state index is 0.231. The molecule has 0 aliphatic carbocycles. The van der Waals surface area contributed by atoms with Gasteiger partial charge >= 0.3 is 6.36 Å². The highest BCUT2D eigenvalue weighted by molar-refractivity contribution is 9.10. The van der Waals surface area contributed by atoms with E-state index in [2.05, 4.69) is 26.0 Å². The van der Waals surface area contributed by atoms with E-state index >= 15 is 0 Å². The van der Waals surface area contributed by atoms with Gasteiger partial charge in [0.05, 0.1) is 4.47 Å². The summed E-state index contributed by atoms with van der Waals surface area (Å²) in [4.78, 5) is 13.4. The molecule has 0 heterocycles. The van der Waals surface area contributed by atoms with Gasteiger partial charge in [0.2, 0.25) is 0 Å². The molecule has 0 saturated carbocycles. The third-order valence-electron chi connectivity index (χ3n) is 2.38. The molecule has 0 aromatic heterocycles. The summed E-state index contributed by atoms with van der Waals surface area (Å²) in [6.07, 6.45) is -4.76. The van der Waals surface area contributed by atoms with E-state index in [9.17, 15) is 18.0 Å². The molecular formula is C13H16BrF3N2O3. The van der Waals surface area contributed by atoms with Crippen molar-refractivity contribution in [3.05, 3.63) is 22.7 Å². The number of carbonyl (C=O) groups excluding carboxylic acids is 1. The Bertz CT molecular complexity index is 510. The molecule has 0 bridgehead atoms. The minimum Gasteiger partial charge on any atom is -0.483 e. The number of hydrogen-bond donors (Lipinski definition) is 1. The molecule has 22 heavy (non-hydrogen) atoms. The van der Waals surface area contributed by atoms with Crippen LogP contribution in [0.2, 0.25) is 0 Å². The molecule has 0 radical (unpaired) electrons. The molecule has 1 amide bonds. The van der Waals surface area contributed by atoms with E-state index in [1.165, 1.54) is 6.07 Å². The highest BCUT2D eigenvalue weighted by Gasteiger charge is 2.31. The lowest BCUT2D eigenvalue weighted by Gasteiger charge is -2.13. The number of rotatable bonds is 7. The number of hydrogen-bond acceptors (Lipinski definition) is 4. The first-order valence-corrected chi connectivity index (χ1v) is 7.06. The SMILES string of the molecule is CN(C)CCNC(=O)COc1ccc(OC(F)(F)F)cc1Br. The lowest BCUT2D eigenvalue weighted by atomic mass is 10.3. The summed E-state index contributed by atoms with van der Waals surface area (Å²) < 4.78 is 45.5. The molecule has 0 atom stereocenters. The molecule has 1 rings (SSSR count). The maximum atomic E-state index is 12.1. The smallest absolute Gasteiger partial charge is 0.483 e. The van der Waals surface area contributed by atoms with E-state index in [0.29, 0.717) is 13.1 Å². The molecule has 0 saturated heterocycles. The van der Waals surface area contributed by atoms with Gasteiger partial charge in [0.1, 0.15) is 11.5 Å². The molecule has 1 aromatic carbocycles. The van der Waals surface area contributed by atoms with Crippen molar-refractivity contribution in [2.45, 2.75) is 6.36 Å². The number of benzene rings is 1. The molecule has 1 aromatic rings. The van der Waals surface area contributed by atoms with Gasteiger partial charge in [0, 0.05) is 13.1 Å². The highest BCUT2D eigenvalue weighted by Crippen LogP contribution is 2.31. The van der Waals surface area contributed by atoms with Gasteiger partial charge in [-0.1, -0.05) is 0 Å². The van der Waals surface area contributed by atoms with Crippen LogP contribution in [-0.2, 0) is 4.79 Å². The molecule has 0 fully saturated rings. The fraction of sp³-hybridized carbons (Fsp3) is 0.462. The van der Waals surface area contributed by atoms with E-state index < -0.39 is 6.36 Å². The maximum Gasteiger partial charge on any atom is 0.573 e. The second-order valence-corrected chi connectivity index (χ2v) is 5.44. The van der Waals surface area contributed by atoms with Gasteiger partial charge in [-0.3, -0.25) is 4.79 Å². The van der Waals surface area contributed by atoms with Crippen molar-refractivity contribution < 1.29 is 27.4 Å². The van der Waals surface area contributed by atoms with E-state index in [4.69, 9.17) is 4.74 Å². The van der Waals surface area contributed by atoms with Crippen molar-refractivity contribution in [1.29, 1.82) is 0 Å². The maximum absolute atomic E-state index is 12.1. The van der Waals surface area contributed by atoms with Crippen LogP contribution < -0.4 is 14.8 Å². The van der Waals surface area contributed by atoms with Crippen molar-refractivity contribution in [3.8, 4) is 11.5 Å². The Hall–Kier alpha value is -1.48. The van der Waals surface area contributed by atoms with Crippen LogP contribution >= 0.6 is 15.9 Å². The number of likely N-dealkylation sites (N-methyl/N-ethyl adjacent to an activating group) is 1. The van der Waals surface area contributed by atoms with E-state index in [1.54, 1.807) is 0 Å². The molecule has 5 nitrogen and oxygen atoms in total. The zero-order valence-electron chi connectivity index (χ0n) is 12.0. The number of alkyl halides is 3. The summed E-state index contributed by atoms with van der Waals surface area (Å²) in [5.74, 6) is -0.441. The van der Waals surface area contributed by atoms with Gasteiger partial charge in [-0.2, -0.15) is 0 Å². The Balaban J connectivity index is 2.48. The first-order valence-electron chi connectivity index (χ1n) is 6.27. The van der Waals surface area contributed by atoms with Gasteiger partial charge in [0.15, 0.2) is 6.61 Å². The van der Waals surface area contributed by atoms with Gasteiger partial charge in [-0.25, -0.2) is 0 Å². The zero-order valence-corrected chi connectivity index (χ0v) is 13.6. The molecule has 124 valence electrons. The summed E-state index contributed by atoms with van der Waals surface area (Å²) in [5.41, 5.74) is 0. The van der Waals surface area contributed by atoms with Gasteiger partial charge in [-0.05, 0) is 48.2 Å². The van der Waals surface area contributed by atoms with E-state index in [-0.39, 0.29) is 28.5 Å².